The summed E-state index contributed by atoms with van der Waals surface area (Å²) in [7, 11) is 0. The van der Waals surface area contributed by atoms with E-state index < -0.39 is 0 Å². The van der Waals surface area contributed by atoms with Crippen LogP contribution in [0.4, 0.5) is 0 Å². The van der Waals surface area contributed by atoms with E-state index in [-0.39, 0.29) is 23.3 Å². The molecule has 0 spiro atoms. The average molecular weight is 918 g/mol. The zero-order valence-electron chi connectivity index (χ0n) is 45.5. The van der Waals surface area contributed by atoms with E-state index in [9.17, 15) is 9.59 Å². The van der Waals surface area contributed by atoms with Crippen LogP contribution < -0.4 is 0 Å². The van der Waals surface area contributed by atoms with E-state index in [4.69, 9.17) is 9.47 Å². The van der Waals surface area contributed by atoms with Crippen LogP contribution in [0, 0.1) is 11.3 Å². The van der Waals surface area contributed by atoms with Gasteiger partial charge in [-0.1, -0.05) is 336 Å². The predicted molar refractivity (Wildman–Crippen MR) is 287 cm³/mol. The number of carbonyl (C=O) groups excluding carboxylic acids is 2. The van der Waals surface area contributed by atoms with Crippen molar-refractivity contribution in [3.8, 4) is 0 Å². The molecule has 4 nitrogen and oxygen atoms in total. The Kier molecular flexibility index (Phi) is 51.5. The largest absolute Gasteiger partial charge is 0.465 e. The highest BCUT2D eigenvalue weighted by atomic mass is 16.5. The maximum atomic E-state index is 12.7. The zero-order valence-corrected chi connectivity index (χ0v) is 45.5. The summed E-state index contributed by atoms with van der Waals surface area (Å²) in [5.41, 5.74) is -0.372. The van der Waals surface area contributed by atoms with E-state index in [0.717, 1.165) is 25.7 Å². The molecule has 0 radical (unpaired) electrons. The minimum atomic E-state index is -0.372. The highest BCUT2D eigenvalue weighted by molar-refractivity contribution is 5.72. The van der Waals surface area contributed by atoms with Gasteiger partial charge in [0.25, 0.3) is 0 Å². The second kappa shape index (κ2) is 52.3. The maximum Gasteiger partial charge on any atom is 0.308 e. The van der Waals surface area contributed by atoms with Crippen molar-refractivity contribution in [2.24, 2.45) is 11.3 Å². The molecule has 0 amide bonds. The summed E-state index contributed by atoms with van der Waals surface area (Å²) >= 11 is 0. The van der Waals surface area contributed by atoms with Gasteiger partial charge in [0, 0.05) is 11.8 Å². The number of esters is 2. The van der Waals surface area contributed by atoms with Gasteiger partial charge in [-0.05, 0) is 12.8 Å². The molecule has 0 saturated heterocycles. The fourth-order valence-corrected chi connectivity index (χ4v) is 9.56. The van der Waals surface area contributed by atoms with Crippen LogP contribution in [-0.4, -0.2) is 25.2 Å². The summed E-state index contributed by atoms with van der Waals surface area (Å²) in [4.78, 5) is 25.1. The number of unbranched alkanes of at least 4 members (excludes halogenated alkanes) is 46. The first-order chi connectivity index (χ1) is 31.8. The van der Waals surface area contributed by atoms with Crippen molar-refractivity contribution in [1.29, 1.82) is 0 Å². The summed E-state index contributed by atoms with van der Waals surface area (Å²) in [5.74, 6) is -0.303. The third kappa shape index (κ3) is 52.2. The van der Waals surface area contributed by atoms with Gasteiger partial charge in [0.2, 0.25) is 0 Å². The number of rotatable bonds is 55. The molecule has 0 bridgehead atoms. The first-order valence-corrected chi connectivity index (χ1v) is 30.1. The highest BCUT2D eigenvalue weighted by Gasteiger charge is 2.24. The molecule has 1 atom stereocenters. The Balaban J connectivity index is 3.47. The van der Waals surface area contributed by atoms with E-state index in [1.807, 2.05) is 20.8 Å². The molecule has 0 rings (SSSR count). The fraction of sp³-hybridized carbons (Fsp3) is 0.967. The lowest BCUT2D eigenvalue weighted by molar-refractivity contribution is -0.155. The van der Waals surface area contributed by atoms with Crippen LogP contribution in [-0.2, 0) is 19.1 Å². The smallest absolute Gasteiger partial charge is 0.308 e. The Morgan fingerprint density at radius 1 is 0.323 bits per heavy atom. The molecule has 0 N–H and O–H groups in total. The van der Waals surface area contributed by atoms with E-state index in [1.165, 1.54) is 289 Å². The van der Waals surface area contributed by atoms with Gasteiger partial charge in [-0.3, -0.25) is 9.59 Å². The van der Waals surface area contributed by atoms with Gasteiger partial charge < -0.3 is 9.47 Å². The topological polar surface area (TPSA) is 52.6 Å². The quantitative estimate of drug-likeness (QED) is 0.0451. The van der Waals surface area contributed by atoms with Gasteiger partial charge in [0.15, 0.2) is 0 Å². The van der Waals surface area contributed by atoms with E-state index in [2.05, 4.69) is 13.8 Å². The summed E-state index contributed by atoms with van der Waals surface area (Å²) < 4.78 is 11.3. The number of ether oxygens (including phenoxy) is 2. The van der Waals surface area contributed by atoms with E-state index in [1.54, 1.807) is 0 Å². The van der Waals surface area contributed by atoms with Crippen LogP contribution in [0.3, 0.4) is 0 Å². The molecule has 65 heavy (non-hydrogen) atoms. The predicted octanol–water partition coefficient (Wildman–Crippen LogP) is 21.3. The van der Waals surface area contributed by atoms with Gasteiger partial charge in [0.1, 0.15) is 0 Å². The van der Waals surface area contributed by atoms with Gasteiger partial charge in [-0.25, -0.2) is 0 Å². The first-order valence-electron chi connectivity index (χ1n) is 30.1. The van der Waals surface area contributed by atoms with E-state index >= 15 is 0 Å². The van der Waals surface area contributed by atoms with Gasteiger partial charge in [-0.15, -0.1) is 0 Å². The first kappa shape index (κ1) is 63.9. The third-order valence-electron chi connectivity index (χ3n) is 14.4. The second-order valence-corrected chi connectivity index (χ2v) is 22.1. The van der Waals surface area contributed by atoms with Crippen LogP contribution in [0.15, 0.2) is 0 Å². The molecule has 0 aromatic rings. The van der Waals surface area contributed by atoms with Crippen molar-refractivity contribution >= 4 is 11.9 Å². The number of carbonyl (C=O) groups is 2. The Labute approximate surface area is 409 Å². The molecule has 4 heteroatoms. The van der Waals surface area contributed by atoms with Crippen LogP contribution in [0.25, 0.3) is 0 Å². The van der Waals surface area contributed by atoms with Crippen molar-refractivity contribution in [3.05, 3.63) is 0 Å². The maximum absolute atomic E-state index is 12.7. The van der Waals surface area contributed by atoms with Crippen molar-refractivity contribution in [1.82, 2.24) is 0 Å². The van der Waals surface area contributed by atoms with Gasteiger partial charge in [0.05, 0.1) is 19.1 Å². The minimum Gasteiger partial charge on any atom is -0.465 e. The molecule has 388 valence electrons. The molecular weight excluding hydrogens is 797 g/mol. The Bertz CT molecular complexity index is 944. The molecule has 0 aliphatic heterocycles. The molecule has 0 heterocycles. The molecule has 0 fully saturated rings. The highest BCUT2D eigenvalue weighted by Crippen LogP contribution is 2.21. The molecule has 1 unspecified atom stereocenters. The lowest BCUT2D eigenvalue weighted by Gasteiger charge is -2.24. The van der Waals surface area contributed by atoms with Crippen LogP contribution >= 0.6 is 0 Å². The summed E-state index contributed by atoms with van der Waals surface area (Å²) in [6.07, 6.45) is 68.0. The lowest BCUT2D eigenvalue weighted by atomic mass is 9.96. The van der Waals surface area contributed by atoms with Crippen molar-refractivity contribution < 1.29 is 19.1 Å². The second-order valence-electron chi connectivity index (χ2n) is 22.1. The van der Waals surface area contributed by atoms with Crippen LogP contribution in [0.5, 0.6) is 0 Å². The normalized spacial score (nSPS) is 12.3. The number of hydrogen-bond acceptors (Lipinski definition) is 4. The fourth-order valence-electron chi connectivity index (χ4n) is 9.56. The van der Waals surface area contributed by atoms with Crippen molar-refractivity contribution in [2.75, 3.05) is 13.2 Å². The van der Waals surface area contributed by atoms with Crippen LogP contribution in [0.1, 0.15) is 356 Å². The van der Waals surface area contributed by atoms with Crippen molar-refractivity contribution in [2.45, 2.75) is 356 Å². The molecular formula is C61H120O4. The number of hydrogen-bond donors (Lipinski definition) is 0. The summed E-state index contributed by atoms with van der Waals surface area (Å²) in [6, 6.07) is 0. The lowest BCUT2D eigenvalue weighted by Crippen LogP contribution is -2.30. The Morgan fingerprint density at radius 2 is 0.538 bits per heavy atom. The van der Waals surface area contributed by atoms with Crippen molar-refractivity contribution in [3.63, 3.8) is 0 Å². The van der Waals surface area contributed by atoms with E-state index in [0.29, 0.717) is 19.6 Å². The summed E-state index contributed by atoms with van der Waals surface area (Å²) in [6.45, 7) is 11.2. The minimum absolute atomic E-state index is 0.0724. The molecule has 0 aromatic heterocycles. The molecule has 0 aliphatic rings. The Hall–Kier alpha value is -1.06. The SMILES string of the molecule is CCCCCCCCCCCCCCCCCCCCCCCCCCCC(=O)OCC(C)(C)COC(=O)C(C)CCCCCCCCCCCCCCCCCCCCCCCCC. The van der Waals surface area contributed by atoms with Gasteiger partial charge in [-0.2, -0.15) is 0 Å². The zero-order chi connectivity index (χ0) is 47.4. The van der Waals surface area contributed by atoms with Crippen LogP contribution in [0.2, 0.25) is 0 Å². The monoisotopic (exact) mass is 917 g/mol. The molecule has 0 saturated carbocycles. The molecule has 0 aliphatic carbocycles. The standard InChI is InChI=1S/C61H120O4/c1-6-8-10-12-14-16-18-20-22-24-26-28-30-31-33-35-37-39-41-43-45-47-49-51-53-55-59(62)64-56-61(4,5)57-65-60(63)58(3)54-52-50-48-46-44-42-40-38-36-34-32-29-27-25-23-21-19-17-15-13-11-9-7-2/h58H,6-57H2,1-5H3. The third-order valence-corrected chi connectivity index (χ3v) is 14.4. The molecule has 0 aromatic carbocycles. The van der Waals surface area contributed by atoms with Gasteiger partial charge >= 0.3 is 11.9 Å². The average Bonchev–Trinajstić information content (AvgIpc) is 3.30. The Morgan fingerprint density at radius 3 is 0.800 bits per heavy atom. The summed E-state index contributed by atoms with van der Waals surface area (Å²) in [5, 5.41) is 0.